The van der Waals surface area contributed by atoms with Gasteiger partial charge in [0, 0.05) is 43.4 Å². The van der Waals surface area contributed by atoms with E-state index < -0.39 is 12.0 Å². The largest absolute Gasteiger partial charge is 0.480 e. The fourth-order valence-electron chi connectivity index (χ4n) is 3.24. The highest BCUT2D eigenvalue weighted by molar-refractivity contribution is 5.91. The van der Waals surface area contributed by atoms with Gasteiger partial charge in [-0.15, -0.1) is 0 Å². The quantitative estimate of drug-likeness (QED) is 0.938. The van der Waals surface area contributed by atoms with Gasteiger partial charge in [0.25, 0.3) is 0 Å². The molecule has 1 aromatic heterocycles. The highest BCUT2D eigenvalue weighted by Gasteiger charge is 2.27. The van der Waals surface area contributed by atoms with Crippen molar-refractivity contribution < 1.29 is 14.3 Å². The number of aromatic nitrogens is 1. The lowest BCUT2D eigenvalue weighted by Crippen LogP contribution is -2.52. The van der Waals surface area contributed by atoms with Crippen LogP contribution in [0.2, 0.25) is 0 Å². The predicted octanol–water partition coefficient (Wildman–Crippen LogP) is 2.36. The number of hydrogen-bond donors (Lipinski definition) is 1. The van der Waals surface area contributed by atoms with Crippen LogP contribution in [-0.2, 0) is 4.79 Å². The first-order chi connectivity index (χ1) is 11.1. The Kier molecular flexibility index (Phi) is 4.43. The van der Waals surface area contributed by atoms with E-state index in [9.17, 15) is 14.3 Å². The standard InChI is InChI=1S/C17H20FN3O2/c1-2-15(17(22)23)20-7-9-21(10-8-20)16-5-6-19-14-4-3-12(18)11-13(14)16/h3-6,11,15H,2,7-10H2,1H3,(H,22,23). The molecule has 0 bridgehead atoms. The number of halogens is 1. The fourth-order valence-corrected chi connectivity index (χ4v) is 3.24. The van der Waals surface area contributed by atoms with E-state index in [2.05, 4.69) is 9.88 Å². The predicted molar refractivity (Wildman–Crippen MR) is 87.2 cm³/mol. The Morgan fingerprint density at radius 2 is 2.04 bits per heavy atom. The molecule has 0 radical (unpaired) electrons. The fraction of sp³-hybridized carbons (Fsp3) is 0.412. The Hall–Kier alpha value is -2.21. The van der Waals surface area contributed by atoms with Crippen LogP contribution in [0.5, 0.6) is 0 Å². The second-order valence-electron chi connectivity index (χ2n) is 5.78. The molecule has 1 aliphatic rings. The Balaban J connectivity index is 1.80. The van der Waals surface area contributed by atoms with Gasteiger partial charge in [0.2, 0.25) is 0 Å². The number of carboxylic acid groups (broad SMARTS) is 1. The molecule has 2 aromatic rings. The van der Waals surface area contributed by atoms with E-state index >= 15 is 0 Å². The number of anilines is 1. The average molecular weight is 317 g/mol. The smallest absolute Gasteiger partial charge is 0.320 e. The Bertz CT molecular complexity index is 714. The molecule has 5 nitrogen and oxygen atoms in total. The minimum absolute atomic E-state index is 0.276. The highest BCUT2D eigenvalue weighted by Crippen LogP contribution is 2.27. The number of aliphatic carboxylic acids is 1. The Labute approximate surface area is 134 Å². The highest BCUT2D eigenvalue weighted by atomic mass is 19.1. The zero-order chi connectivity index (χ0) is 16.4. The van der Waals surface area contributed by atoms with Crippen LogP contribution in [0.4, 0.5) is 10.1 Å². The number of hydrogen-bond acceptors (Lipinski definition) is 4. The maximum atomic E-state index is 13.6. The van der Waals surface area contributed by atoms with Gasteiger partial charge in [-0.25, -0.2) is 4.39 Å². The first-order valence-corrected chi connectivity index (χ1v) is 7.86. The minimum Gasteiger partial charge on any atom is -0.480 e. The van der Waals surface area contributed by atoms with Crippen molar-refractivity contribution in [1.29, 1.82) is 0 Å². The number of nitrogens with zero attached hydrogens (tertiary/aromatic N) is 3. The molecule has 3 rings (SSSR count). The van der Waals surface area contributed by atoms with Crippen molar-refractivity contribution in [2.75, 3.05) is 31.1 Å². The van der Waals surface area contributed by atoms with E-state index in [0.717, 1.165) is 29.7 Å². The summed E-state index contributed by atoms with van der Waals surface area (Å²) in [7, 11) is 0. The lowest BCUT2D eigenvalue weighted by atomic mass is 10.1. The molecule has 0 saturated carbocycles. The summed E-state index contributed by atoms with van der Waals surface area (Å²) in [6.07, 6.45) is 2.33. The van der Waals surface area contributed by atoms with E-state index in [1.165, 1.54) is 12.1 Å². The number of pyridine rings is 1. The summed E-state index contributed by atoms with van der Waals surface area (Å²) in [6, 6.07) is 6.07. The lowest BCUT2D eigenvalue weighted by Gasteiger charge is -2.38. The normalized spacial score (nSPS) is 17.4. The maximum absolute atomic E-state index is 13.6. The summed E-state index contributed by atoms with van der Waals surface area (Å²) in [6.45, 7) is 4.71. The van der Waals surface area contributed by atoms with Crippen LogP contribution in [-0.4, -0.2) is 53.2 Å². The molecule has 1 fully saturated rings. The Morgan fingerprint density at radius 3 is 2.70 bits per heavy atom. The number of rotatable bonds is 4. The molecule has 0 amide bonds. The van der Waals surface area contributed by atoms with Crippen molar-refractivity contribution in [2.45, 2.75) is 19.4 Å². The average Bonchev–Trinajstić information content (AvgIpc) is 2.55. The zero-order valence-electron chi connectivity index (χ0n) is 13.1. The van der Waals surface area contributed by atoms with Crippen molar-refractivity contribution in [2.24, 2.45) is 0 Å². The van der Waals surface area contributed by atoms with E-state index in [1.54, 1.807) is 12.3 Å². The van der Waals surface area contributed by atoms with Crippen molar-refractivity contribution in [3.05, 3.63) is 36.3 Å². The Morgan fingerprint density at radius 1 is 1.30 bits per heavy atom. The third kappa shape index (κ3) is 3.12. The van der Waals surface area contributed by atoms with Gasteiger partial charge in [-0.05, 0) is 30.7 Å². The van der Waals surface area contributed by atoms with Crippen molar-refractivity contribution in [3.8, 4) is 0 Å². The third-order valence-corrected chi connectivity index (χ3v) is 4.45. The van der Waals surface area contributed by atoms with E-state index in [4.69, 9.17) is 0 Å². The summed E-state index contributed by atoms with van der Waals surface area (Å²) in [5, 5.41) is 10.1. The lowest BCUT2D eigenvalue weighted by molar-refractivity contribution is -0.143. The van der Waals surface area contributed by atoms with Crippen LogP contribution in [0.15, 0.2) is 30.5 Å². The monoisotopic (exact) mass is 317 g/mol. The maximum Gasteiger partial charge on any atom is 0.320 e. The van der Waals surface area contributed by atoms with Crippen LogP contribution < -0.4 is 4.90 Å². The molecule has 0 spiro atoms. The molecule has 23 heavy (non-hydrogen) atoms. The zero-order valence-corrected chi connectivity index (χ0v) is 13.1. The van der Waals surface area contributed by atoms with E-state index in [-0.39, 0.29) is 5.82 Å². The molecule has 1 atom stereocenters. The molecule has 1 saturated heterocycles. The molecule has 122 valence electrons. The van der Waals surface area contributed by atoms with Crippen molar-refractivity contribution in [3.63, 3.8) is 0 Å². The van der Waals surface area contributed by atoms with Gasteiger partial charge in [-0.1, -0.05) is 6.92 Å². The molecule has 2 heterocycles. The van der Waals surface area contributed by atoms with Crippen LogP contribution in [0, 0.1) is 5.82 Å². The van der Waals surface area contributed by atoms with Crippen molar-refractivity contribution >= 4 is 22.6 Å². The summed E-state index contributed by atoms with van der Waals surface area (Å²) < 4.78 is 13.6. The molecule has 0 aliphatic carbocycles. The second-order valence-corrected chi connectivity index (χ2v) is 5.78. The molecule has 1 unspecified atom stereocenters. The molecule has 1 N–H and O–H groups in total. The van der Waals surface area contributed by atoms with Gasteiger partial charge in [0.15, 0.2) is 0 Å². The van der Waals surface area contributed by atoms with Crippen LogP contribution in [0.25, 0.3) is 10.9 Å². The second kappa shape index (κ2) is 6.50. The van der Waals surface area contributed by atoms with Crippen molar-refractivity contribution in [1.82, 2.24) is 9.88 Å². The number of carbonyl (C=O) groups is 1. The minimum atomic E-state index is -0.766. The van der Waals surface area contributed by atoms with Crippen LogP contribution in [0.1, 0.15) is 13.3 Å². The van der Waals surface area contributed by atoms with Gasteiger partial charge >= 0.3 is 5.97 Å². The summed E-state index contributed by atoms with van der Waals surface area (Å²) in [4.78, 5) is 19.7. The summed E-state index contributed by atoms with van der Waals surface area (Å²) >= 11 is 0. The van der Waals surface area contributed by atoms with Crippen LogP contribution in [0.3, 0.4) is 0 Å². The molecule has 1 aliphatic heterocycles. The molecule has 1 aromatic carbocycles. The molecular formula is C17H20FN3O2. The van der Waals surface area contributed by atoms with Gasteiger partial charge in [-0.2, -0.15) is 0 Å². The molecule has 6 heteroatoms. The van der Waals surface area contributed by atoms with E-state index in [1.807, 2.05) is 17.9 Å². The topological polar surface area (TPSA) is 56.7 Å². The first-order valence-electron chi connectivity index (χ1n) is 7.86. The summed E-state index contributed by atoms with van der Waals surface area (Å²) in [5.74, 6) is -1.04. The van der Waals surface area contributed by atoms with Gasteiger partial charge < -0.3 is 10.0 Å². The third-order valence-electron chi connectivity index (χ3n) is 4.45. The van der Waals surface area contributed by atoms with Gasteiger partial charge in [0.05, 0.1) is 5.52 Å². The number of carboxylic acids is 1. The first kappa shape index (κ1) is 15.7. The molecular weight excluding hydrogens is 297 g/mol. The number of piperazine rings is 1. The van der Waals surface area contributed by atoms with Gasteiger partial charge in [-0.3, -0.25) is 14.7 Å². The van der Waals surface area contributed by atoms with Gasteiger partial charge in [0.1, 0.15) is 11.9 Å². The van der Waals surface area contributed by atoms with Crippen LogP contribution >= 0.6 is 0 Å². The summed E-state index contributed by atoms with van der Waals surface area (Å²) in [5.41, 5.74) is 1.72. The SMILES string of the molecule is CCC(C(=O)O)N1CCN(c2ccnc3ccc(F)cc23)CC1. The van der Waals surface area contributed by atoms with E-state index in [0.29, 0.717) is 19.5 Å². The number of benzene rings is 1. The number of fused-ring (bicyclic) bond motifs is 1.